The zero-order chi connectivity index (χ0) is 29.0. The zero-order valence-corrected chi connectivity index (χ0v) is 23.0. The highest BCUT2D eigenvalue weighted by Gasteiger charge is 2.36. The minimum Gasteiger partial charge on any atom is -0.400 e. The van der Waals surface area contributed by atoms with Crippen LogP contribution in [0.25, 0.3) is 6.08 Å². The van der Waals surface area contributed by atoms with Gasteiger partial charge in [-0.2, -0.15) is 13.2 Å². The highest BCUT2D eigenvalue weighted by atomic mass is 35.5. The molecule has 0 radical (unpaired) electrons. The minimum atomic E-state index is -4.35. The van der Waals surface area contributed by atoms with Gasteiger partial charge in [0.1, 0.15) is 6.79 Å². The van der Waals surface area contributed by atoms with E-state index in [0.717, 1.165) is 69.7 Å². The average Bonchev–Trinajstić information content (AvgIpc) is 2.97. The number of alkyl halides is 3. The van der Waals surface area contributed by atoms with Crippen LogP contribution < -0.4 is 15.1 Å². The summed E-state index contributed by atoms with van der Waals surface area (Å²) in [7, 11) is 2.79. The number of aldehydes is 1. The van der Waals surface area contributed by atoms with E-state index in [9.17, 15) is 18.0 Å². The van der Waals surface area contributed by atoms with Crippen molar-refractivity contribution in [2.24, 2.45) is 0 Å². The maximum Gasteiger partial charge on any atom is 0.418 e. The molecule has 0 amide bonds. The number of nitrogens with zero attached hydrogens (tertiary/aromatic N) is 3. The van der Waals surface area contributed by atoms with Crippen LogP contribution in [0.5, 0.6) is 0 Å². The maximum absolute atomic E-state index is 13.4. The quantitative estimate of drug-likeness (QED) is 0.494. The van der Waals surface area contributed by atoms with Gasteiger partial charge in [0, 0.05) is 76.4 Å². The Morgan fingerprint density at radius 2 is 1.62 bits per heavy atom. The molecule has 2 aliphatic rings. The van der Waals surface area contributed by atoms with E-state index in [1.807, 2.05) is 29.9 Å². The van der Waals surface area contributed by atoms with Gasteiger partial charge in [-0.15, -0.1) is 0 Å². The summed E-state index contributed by atoms with van der Waals surface area (Å²) in [5, 5.41) is 10.4. The van der Waals surface area contributed by atoms with E-state index < -0.39 is 11.7 Å². The summed E-state index contributed by atoms with van der Waals surface area (Å²) in [4.78, 5) is 26.1. The first kappa shape index (κ1) is 32.1. The number of piperazine rings is 1. The molecule has 2 N–H and O–H groups in total. The predicted octanol–water partition coefficient (Wildman–Crippen LogP) is 4.58. The van der Waals surface area contributed by atoms with E-state index in [0.29, 0.717) is 29.7 Å². The number of hydrogen-bond acceptors (Lipinski definition) is 7. The van der Waals surface area contributed by atoms with Crippen molar-refractivity contribution in [2.75, 3.05) is 63.2 Å². The highest BCUT2D eigenvalue weighted by molar-refractivity contribution is 6.33. The summed E-state index contributed by atoms with van der Waals surface area (Å²) in [6, 6.07) is 10.0. The van der Waals surface area contributed by atoms with Gasteiger partial charge >= 0.3 is 6.18 Å². The van der Waals surface area contributed by atoms with Crippen LogP contribution in [0.1, 0.15) is 34.3 Å². The summed E-state index contributed by atoms with van der Waals surface area (Å²) in [6.07, 6.45) is 1.70. The number of carbonyl (C=O) groups is 2. The largest absolute Gasteiger partial charge is 0.418 e. The molecule has 2 heterocycles. The molecule has 2 aliphatic heterocycles. The number of piperidine rings is 1. The second kappa shape index (κ2) is 15.5. The van der Waals surface area contributed by atoms with Crippen molar-refractivity contribution in [1.29, 1.82) is 0 Å². The molecule has 0 atom stereocenters. The van der Waals surface area contributed by atoms with Gasteiger partial charge in [0.25, 0.3) is 0 Å². The number of aliphatic hydroxyl groups excluding tert-OH is 1. The van der Waals surface area contributed by atoms with Gasteiger partial charge in [-0.1, -0.05) is 23.7 Å². The van der Waals surface area contributed by atoms with E-state index in [1.165, 1.54) is 6.07 Å². The number of carbonyl (C=O) groups excluding carboxylic acids is 2. The molecule has 2 fully saturated rings. The predicted molar refractivity (Wildman–Crippen MR) is 151 cm³/mol. The van der Waals surface area contributed by atoms with Crippen molar-refractivity contribution in [3.05, 3.63) is 64.3 Å². The molecule has 11 heteroatoms. The molecule has 0 unspecified atom stereocenters. The Morgan fingerprint density at radius 1 is 1.00 bits per heavy atom. The van der Waals surface area contributed by atoms with Gasteiger partial charge in [-0.05, 0) is 54.9 Å². The fourth-order valence-corrected chi connectivity index (χ4v) is 5.31. The standard InChI is InChI=1S/C26H30ClF3N4O.CH4O.CH2O/c1-31-9-6-19-16-21(17-24(27)22(19)18-35)33-14-12-32(13-15-33)20-7-10-34(11-8-20)25-5-3-2-4-23(25)26(28,29)30;2*1-2/h2-6,9,16-18,20,31H,7-8,10-15H2,1H3;2H,1H3;1H2/b9-6-;;. The number of halogens is 4. The van der Waals surface area contributed by atoms with E-state index in [-0.39, 0.29) is 5.69 Å². The van der Waals surface area contributed by atoms with E-state index >= 15 is 0 Å². The van der Waals surface area contributed by atoms with Gasteiger partial charge in [-0.3, -0.25) is 9.69 Å². The van der Waals surface area contributed by atoms with Crippen molar-refractivity contribution in [3.8, 4) is 0 Å². The summed E-state index contributed by atoms with van der Waals surface area (Å²) < 4.78 is 40.3. The number of aliphatic hydroxyl groups is 1. The Kier molecular flexibility index (Phi) is 12.8. The van der Waals surface area contributed by atoms with Crippen LogP contribution in [0.4, 0.5) is 24.5 Å². The van der Waals surface area contributed by atoms with E-state index in [2.05, 4.69) is 15.1 Å². The molecule has 2 aromatic carbocycles. The monoisotopic (exact) mass is 568 g/mol. The van der Waals surface area contributed by atoms with Crippen molar-refractivity contribution < 1.29 is 27.9 Å². The Bertz CT molecular complexity index is 1080. The van der Waals surface area contributed by atoms with Crippen molar-refractivity contribution >= 4 is 42.1 Å². The lowest BCUT2D eigenvalue weighted by atomic mass is 10.00. The lowest BCUT2D eigenvalue weighted by molar-refractivity contribution is -0.137. The molecule has 0 saturated carbocycles. The molecule has 7 nitrogen and oxygen atoms in total. The lowest BCUT2D eigenvalue weighted by Gasteiger charge is -2.44. The average molecular weight is 569 g/mol. The van der Waals surface area contributed by atoms with Crippen LogP contribution in [-0.4, -0.2) is 82.5 Å². The second-order valence-electron chi connectivity index (χ2n) is 8.93. The zero-order valence-electron chi connectivity index (χ0n) is 22.3. The molecular weight excluding hydrogens is 533 g/mol. The second-order valence-corrected chi connectivity index (χ2v) is 9.33. The smallest absolute Gasteiger partial charge is 0.400 e. The number of benzene rings is 2. The number of anilines is 2. The molecular formula is C28H36ClF3N4O3. The van der Waals surface area contributed by atoms with Crippen LogP contribution in [0.15, 0.2) is 42.6 Å². The van der Waals surface area contributed by atoms with Crippen LogP contribution in [0.3, 0.4) is 0 Å². The van der Waals surface area contributed by atoms with Crippen LogP contribution in [0, 0.1) is 0 Å². The first-order valence-corrected chi connectivity index (χ1v) is 13.0. The van der Waals surface area contributed by atoms with E-state index in [1.54, 1.807) is 25.4 Å². The number of rotatable bonds is 6. The Hall–Kier alpha value is -3.08. The Balaban J connectivity index is 0.00000127. The fraction of sp³-hybridized carbons (Fsp3) is 0.429. The van der Waals surface area contributed by atoms with E-state index in [4.69, 9.17) is 21.5 Å². The summed E-state index contributed by atoms with van der Waals surface area (Å²) >= 11 is 6.39. The van der Waals surface area contributed by atoms with Crippen LogP contribution in [0.2, 0.25) is 5.02 Å². The van der Waals surface area contributed by atoms with Gasteiger partial charge in [0.15, 0.2) is 6.29 Å². The molecule has 214 valence electrons. The first-order chi connectivity index (χ1) is 18.8. The van der Waals surface area contributed by atoms with Crippen molar-refractivity contribution in [3.63, 3.8) is 0 Å². The summed E-state index contributed by atoms with van der Waals surface area (Å²) in [5.74, 6) is 0. The van der Waals surface area contributed by atoms with Crippen molar-refractivity contribution in [1.82, 2.24) is 10.2 Å². The summed E-state index contributed by atoms with van der Waals surface area (Å²) in [6.45, 7) is 6.62. The first-order valence-electron chi connectivity index (χ1n) is 12.6. The van der Waals surface area contributed by atoms with Gasteiger partial charge in [-0.25, -0.2) is 0 Å². The molecule has 0 spiro atoms. The molecule has 2 aromatic rings. The fourth-order valence-electron chi connectivity index (χ4n) is 5.05. The molecule has 39 heavy (non-hydrogen) atoms. The normalized spacial score (nSPS) is 16.7. The number of nitrogens with one attached hydrogen (secondary N) is 1. The topological polar surface area (TPSA) is 76.1 Å². The molecule has 0 aromatic heterocycles. The summed E-state index contributed by atoms with van der Waals surface area (Å²) in [5.41, 5.74) is 1.94. The Labute approximate surface area is 232 Å². The SMILES string of the molecule is C=O.CN/C=C\c1cc(N2CCN(C3CCN(c4ccccc4C(F)(F)F)CC3)CC2)cc(Cl)c1C=O.CO. The molecule has 2 saturated heterocycles. The highest BCUT2D eigenvalue weighted by Crippen LogP contribution is 2.37. The molecule has 4 rings (SSSR count). The van der Waals surface area contributed by atoms with Crippen molar-refractivity contribution in [2.45, 2.75) is 25.1 Å². The Morgan fingerprint density at radius 3 is 2.18 bits per heavy atom. The third-order valence-electron chi connectivity index (χ3n) is 6.90. The minimum absolute atomic E-state index is 0.280. The third-order valence-corrected chi connectivity index (χ3v) is 7.22. The molecule has 0 aliphatic carbocycles. The van der Waals surface area contributed by atoms with Crippen LogP contribution >= 0.6 is 11.6 Å². The van der Waals surface area contributed by atoms with Gasteiger partial charge in [0.05, 0.1) is 10.6 Å². The third kappa shape index (κ3) is 8.20. The van der Waals surface area contributed by atoms with Crippen LogP contribution in [-0.2, 0) is 11.0 Å². The number of para-hydroxylation sites is 1. The maximum atomic E-state index is 13.4. The van der Waals surface area contributed by atoms with Gasteiger partial charge < -0.3 is 25.0 Å². The van der Waals surface area contributed by atoms with Gasteiger partial charge in [0.2, 0.25) is 0 Å². The molecule has 0 bridgehead atoms. The number of hydrogen-bond donors (Lipinski definition) is 2. The lowest BCUT2D eigenvalue weighted by Crippen LogP contribution is -2.53.